The summed E-state index contributed by atoms with van der Waals surface area (Å²) in [6.07, 6.45) is 0. The number of halogens is 2. The first kappa shape index (κ1) is 14.7. The number of anilines is 1. The Morgan fingerprint density at radius 1 is 1.15 bits per heavy atom. The molecule has 0 aliphatic carbocycles. The Labute approximate surface area is 127 Å². The van der Waals surface area contributed by atoms with Crippen LogP contribution in [0.4, 0.5) is 5.69 Å². The van der Waals surface area contributed by atoms with E-state index in [2.05, 4.69) is 5.32 Å². The Morgan fingerprint density at radius 3 is 2.55 bits per heavy atom. The summed E-state index contributed by atoms with van der Waals surface area (Å²) in [4.78, 5) is 11.8. The summed E-state index contributed by atoms with van der Waals surface area (Å²) in [6.45, 7) is 1.89. The van der Waals surface area contributed by atoms with Gasteiger partial charge in [0, 0.05) is 0 Å². The molecular formula is C15H13Cl2NO2. The summed E-state index contributed by atoms with van der Waals surface area (Å²) in [5, 5.41) is 3.36. The molecule has 0 atom stereocenters. The molecule has 3 nitrogen and oxygen atoms in total. The Balaban J connectivity index is 1.92. The van der Waals surface area contributed by atoms with E-state index >= 15 is 0 Å². The van der Waals surface area contributed by atoms with Crippen LogP contribution in [-0.2, 0) is 4.79 Å². The zero-order valence-corrected chi connectivity index (χ0v) is 12.3. The quantitative estimate of drug-likeness (QED) is 0.913. The molecule has 0 bridgehead atoms. The Morgan fingerprint density at radius 2 is 1.85 bits per heavy atom. The summed E-state index contributed by atoms with van der Waals surface area (Å²) < 4.78 is 5.38. The largest absolute Gasteiger partial charge is 0.484 e. The molecule has 0 spiro atoms. The zero-order valence-electron chi connectivity index (χ0n) is 10.8. The maximum Gasteiger partial charge on any atom is 0.262 e. The second-order valence-electron chi connectivity index (χ2n) is 4.25. The average molecular weight is 310 g/mol. The molecule has 0 aliphatic rings. The average Bonchev–Trinajstić information content (AvgIpc) is 2.43. The molecule has 0 heterocycles. The van der Waals surface area contributed by atoms with Crippen LogP contribution in [0.15, 0.2) is 42.5 Å². The first-order valence-electron chi connectivity index (χ1n) is 5.99. The minimum absolute atomic E-state index is 0.0914. The van der Waals surface area contributed by atoms with E-state index in [-0.39, 0.29) is 12.5 Å². The lowest BCUT2D eigenvalue weighted by Crippen LogP contribution is -2.20. The van der Waals surface area contributed by atoms with Crippen molar-refractivity contribution in [1.82, 2.24) is 0 Å². The Bertz CT molecular complexity index is 612. The van der Waals surface area contributed by atoms with Gasteiger partial charge in [-0.05, 0) is 31.2 Å². The molecule has 5 heteroatoms. The highest BCUT2D eigenvalue weighted by Gasteiger charge is 2.08. The third kappa shape index (κ3) is 3.89. The van der Waals surface area contributed by atoms with Gasteiger partial charge in [0.15, 0.2) is 6.61 Å². The number of rotatable bonds is 4. The predicted octanol–water partition coefficient (Wildman–Crippen LogP) is 4.32. The van der Waals surface area contributed by atoms with E-state index < -0.39 is 0 Å². The van der Waals surface area contributed by atoms with Crippen LogP contribution in [-0.4, -0.2) is 12.5 Å². The lowest BCUT2D eigenvalue weighted by atomic mass is 10.2. The normalized spacial score (nSPS) is 10.2. The smallest absolute Gasteiger partial charge is 0.262 e. The SMILES string of the molecule is Cc1ccc(OCC(=O)Nc2cccc(Cl)c2Cl)cc1. The van der Waals surface area contributed by atoms with Crippen LogP contribution in [0.3, 0.4) is 0 Å². The molecule has 2 aromatic rings. The molecule has 2 rings (SSSR count). The highest BCUT2D eigenvalue weighted by molar-refractivity contribution is 6.43. The molecular weight excluding hydrogens is 297 g/mol. The van der Waals surface area contributed by atoms with Crippen molar-refractivity contribution in [3.63, 3.8) is 0 Å². The van der Waals surface area contributed by atoms with Crippen LogP contribution >= 0.6 is 23.2 Å². The summed E-state index contributed by atoms with van der Waals surface area (Å²) >= 11 is 11.9. The fraction of sp³-hybridized carbons (Fsp3) is 0.133. The molecule has 1 N–H and O–H groups in total. The maximum atomic E-state index is 11.8. The number of nitrogens with one attached hydrogen (secondary N) is 1. The van der Waals surface area contributed by atoms with Gasteiger partial charge in [-0.15, -0.1) is 0 Å². The Hall–Kier alpha value is -1.71. The van der Waals surface area contributed by atoms with E-state index in [0.29, 0.717) is 21.5 Å². The maximum absolute atomic E-state index is 11.8. The van der Waals surface area contributed by atoms with Gasteiger partial charge in [-0.25, -0.2) is 0 Å². The van der Waals surface area contributed by atoms with Gasteiger partial charge in [0.2, 0.25) is 0 Å². The van der Waals surface area contributed by atoms with Crippen molar-refractivity contribution in [2.24, 2.45) is 0 Å². The first-order chi connectivity index (χ1) is 9.56. The zero-order chi connectivity index (χ0) is 14.5. The molecule has 0 saturated carbocycles. The van der Waals surface area contributed by atoms with Gasteiger partial charge in [0.25, 0.3) is 5.91 Å². The van der Waals surface area contributed by atoms with Gasteiger partial charge in [-0.3, -0.25) is 4.79 Å². The van der Waals surface area contributed by atoms with E-state index in [0.717, 1.165) is 5.56 Å². The second kappa shape index (κ2) is 6.64. The van der Waals surface area contributed by atoms with Crippen molar-refractivity contribution >= 4 is 34.8 Å². The third-order valence-corrected chi connectivity index (χ3v) is 3.44. The number of hydrogen-bond acceptors (Lipinski definition) is 2. The third-order valence-electron chi connectivity index (χ3n) is 2.62. The summed E-state index contributed by atoms with van der Waals surface area (Å²) in [6, 6.07) is 12.5. The van der Waals surface area contributed by atoms with E-state index in [4.69, 9.17) is 27.9 Å². The van der Waals surface area contributed by atoms with Gasteiger partial charge in [-0.1, -0.05) is 47.0 Å². The topological polar surface area (TPSA) is 38.3 Å². The lowest BCUT2D eigenvalue weighted by molar-refractivity contribution is -0.118. The van der Waals surface area contributed by atoms with Crippen LogP contribution in [0, 0.1) is 6.92 Å². The lowest BCUT2D eigenvalue weighted by Gasteiger charge is -2.09. The van der Waals surface area contributed by atoms with Crippen molar-refractivity contribution in [2.45, 2.75) is 6.92 Å². The van der Waals surface area contributed by atoms with Crippen LogP contribution in [0.2, 0.25) is 10.0 Å². The number of benzene rings is 2. The molecule has 0 fully saturated rings. The molecule has 2 aromatic carbocycles. The first-order valence-corrected chi connectivity index (χ1v) is 6.75. The summed E-state index contributed by atoms with van der Waals surface area (Å²) in [5.41, 5.74) is 1.60. The van der Waals surface area contributed by atoms with Crippen molar-refractivity contribution < 1.29 is 9.53 Å². The molecule has 104 valence electrons. The van der Waals surface area contributed by atoms with Crippen LogP contribution in [0.25, 0.3) is 0 Å². The molecule has 0 aromatic heterocycles. The number of carbonyl (C=O) groups is 1. The molecule has 0 radical (unpaired) electrons. The number of amides is 1. The van der Waals surface area contributed by atoms with Crippen LogP contribution < -0.4 is 10.1 Å². The standard InChI is InChI=1S/C15H13Cl2NO2/c1-10-5-7-11(8-6-10)20-9-14(19)18-13-4-2-3-12(16)15(13)17/h2-8H,9H2,1H3,(H,18,19). The molecule has 20 heavy (non-hydrogen) atoms. The number of carbonyl (C=O) groups excluding carboxylic acids is 1. The Kier molecular flexibility index (Phi) is 4.88. The highest BCUT2D eigenvalue weighted by atomic mass is 35.5. The van der Waals surface area contributed by atoms with E-state index in [9.17, 15) is 4.79 Å². The minimum Gasteiger partial charge on any atom is -0.484 e. The van der Waals surface area contributed by atoms with Crippen molar-refractivity contribution in [3.8, 4) is 5.75 Å². The number of hydrogen-bond donors (Lipinski definition) is 1. The number of ether oxygens (including phenoxy) is 1. The molecule has 1 amide bonds. The fourth-order valence-corrected chi connectivity index (χ4v) is 1.92. The van der Waals surface area contributed by atoms with E-state index in [1.54, 1.807) is 18.2 Å². The summed E-state index contributed by atoms with van der Waals surface area (Å²) in [7, 11) is 0. The van der Waals surface area contributed by atoms with Gasteiger partial charge in [0.1, 0.15) is 5.75 Å². The van der Waals surface area contributed by atoms with Gasteiger partial charge in [0.05, 0.1) is 15.7 Å². The fourth-order valence-electron chi connectivity index (χ4n) is 1.57. The monoisotopic (exact) mass is 309 g/mol. The summed E-state index contributed by atoms with van der Waals surface area (Å²) in [5.74, 6) is 0.345. The van der Waals surface area contributed by atoms with Gasteiger partial charge in [-0.2, -0.15) is 0 Å². The van der Waals surface area contributed by atoms with E-state index in [1.165, 1.54) is 0 Å². The van der Waals surface area contributed by atoms with Crippen molar-refractivity contribution in [1.29, 1.82) is 0 Å². The van der Waals surface area contributed by atoms with Gasteiger partial charge < -0.3 is 10.1 Å². The van der Waals surface area contributed by atoms with Gasteiger partial charge >= 0.3 is 0 Å². The number of aryl methyl sites for hydroxylation is 1. The van der Waals surface area contributed by atoms with Crippen LogP contribution in [0.1, 0.15) is 5.56 Å². The molecule has 0 unspecified atom stereocenters. The second-order valence-corrected chi connectivity index (χ2v) is 5.04. The predicted molar refractivity (Wildman–Crippen MR) is 81.8 cm³/mol. The van der Waals surface area contributed by atoms with E-state index in [1.807, 2.05) is 31.2 Å². The van der Waals surface area contributed by atoms with Crippen LogP contribution in [0.5, 0.6) is 5.75 Å². The van der Waals surface area contributed by atoms with Crippen molar-refractivity contribution in [2.75, 3.05) is 11.9 Å². The minimum atomic E-state index is -0.297. The molecule has 0 aliphatic heterocycles. The highest BCUT2D eigenvalue weighted by Crippen LogP contribution is 2.29. The van der Waals surface area contributed by atoms with Crippen molar-refractivity contribution in [3.05, 3.63) is 58.1 Å². The molecule has 0 saturated heterocycles.